The van der Waals surface area contributed by atoms with Crippen LogP contribution in [0.4, 0.5) is 0 Å². The molecular formula is C37H58O6. The standard InChI is InChI=1S/C37H58O6/c1-23(2)25-14-19-37(22-42-31(40)13-12-30(39)41-9)21-20-35(7)26(32(25)37)10-11-28-34(6)17-16-29(43-24(3)38)33(4,5)27(34)15-18-36(28,35)8/h25-29,32H,1,10-22H2,2-9H3/t25-,26-,27-,28+,29-,32-,34-,35+,36+,37+/m0/s1. The van der Waals surface area contributed by atoms with Gasteiger partial charge >= 0.3 is 17.9 Å². The highest BCUT2D eigenvalue weighted by molar-refractivity contribution is 5.77. The lowest BCUT2D eigenvalue weighted by atomic mass is 9.32. The van der Waals surface area contributed by atoms with Crippen LogP contribution in [0.5, 0.6) is 0 Å². The van der Waals surface area contributed by atoms with Crippen molar-refractivity contribution >= 4 is 17.9 Å². The average Bonchev–Trinajstić information content (AvgIpc) is 3.32. The first-order valence-corrected chi connectivity index (χ1v) is 17.1. The van der Waals surface area contributed by atoms with Gasteiger partial charge in [0.25, 0.3) is 0 Å². The number of methoxy groups -OCH3 is 1. The third-order valence-electron chi connectivity index (χ3n) is 14.8. The van der Waals surface area contributed by atoms with Crippen molar-refractivity contribution < 1.29 is 28.6 Å². The molecule has 6 nitrogen and oxygen atoms in total. The van der Waals surface area contributed by atoms with E-state index in [0.29, 0.717) is 36.2 Å². The van der Waals surface area contributed by atoms with Crippen molar-refractivity contribution in [2.45, 2.75) is 132 Å². The van der Waals surface area contributed by atoms with Gasteiger partial charge in [0.15, 0.2) is 0 Å². The van der Waals surface area contributed by atoms with Crippen molar-refractivity contribution in [2.24, 2.45) is 56.7 Å². The smallest absolute Gasteiger partial charge is 0.306 e. The van der Waals surface area contributed by atoms with Gasteiger partial charge in [-0.2, -0.15) is 0 Å². The number of rotatable bonds is 7. The zero-order valence-electron chi connectivity index (χ0n) is 28.3. The van der Waals surface area contributed by atoms with Crippen LogP contribution in [0.15, 0.2) is 12.2 Å². The molecule has 43 heavy (non-hydrogen) atoms. The Kier molecular flexibility index (Phi) is 8.47. The Morgan fingerprint density at radius 2 is 1.47 bits per heavy atom. The summed E-state index contributed by atoms with van der Waals surface area (Å²) in [5.41, 5.74) is 1.91. The van der Waals surface area contributed by atoms with Crippen molar-refractivity contribution in [1.82, 2.24) is 0 Å². The van der Waals surface area contributed by atoms with Gasteiger partial charge in [-0.3, -0.25) is 14.4 Å². The van der Waals surface area contributed by atoms with E-state index in [1.54, 1.807) is 6.92 Å². The zero-order valence-corrected chi connectivity index (χ0v) is 28.3. The molecule has 5 saturated carbocycles. The molecular weight excluding hydrogens is 540 g/mol. The van der Waals surface area contributed by atoms with Gasteiger partial charge in [0.1, 0.15) is 6.10 Å². The third kappa shape index (κ3) is 5.00. The second-order valence-corrected chi connectivity index (χ2v) is 16.7. The Labute approximate surface area is 260 Å². The van der Waals surface area contributed by atoms with Crippen molar-refractivity contribution in [1.29, 1.82) is 0 Å². The SMILES string of the molecule is C=C(C)[C@@H]1CC[C@]2(COC(=O)CCC(=O)OC)CC[C@]3(C)[C@@H](CC[C@@H]4[C@@]5(C)CC[C@H](OC(C)=O)C(C)(C)[C@@H]5CC[C@]43C)[C@H]12. The van der Waals surface area contributed by atoms with E-state index in [4.69, 9.17) is 14.2 Å². The molecule has 242 valence electrons. The molecule has 5 aliphatic rings. The van der Waals surface area contributed by atoms with Crippen LogP contribution in [0.25, 0.3) is 0 Å². The molecule has 0 aliphatic heterocycles. The van der Waals surface area contributed by atoms with Gasteiger partial charge in [0.2, 0.25) is 0 Å². The van der Waals surface area contributed by atoms with Crippen LogP contribution in [0, 0.1) is 56.7 Å². The maximum Gasteiger partial charge on any atom is 0.306 e. The van der Waals surface area contributed by atoms with Gasteiger partial charge < -0.3 is 14.2 Å². The van der Waals surface area contributed by atoms with Gasteiger partial charge in [0.05, 0.1) is 26.6 Å². The number of fused-ring (bicyclic) bond motifs is 7. The van der Waals surface area contributed by atoms with Crippen LogP contribution in [0.1, 0.15) is 126 Å². The van der Waals surface area contributed by atoms with Crippen molar-refractivity contribution in [3.05, 3.63) is 12.2 Å². The third-order valence-corrected chi connectivity index (χ3v) is 14.8. The van der Waals surface area contributed by atoms with Crippen molar-refractivity contribution in [3.8, 4) is 0 Å². The molecule has 5 fully saturated rings. The van der Waals surface area contributed by atoms with Gasteiger partial charge in [-0.25, -0.2) is 0 Å². The van der Waals surface area contributed by atoms with E-state index in [9.17, 15) is 14.4 Å². The monoisotopic (exact) mass is 598 g/mol. The fourth-order valence-electron chi connectivity index (χ4n) is 12.5. The van der Waals surface area contributed by atoms with Gasteiger partial charge in [-0.05, 0) is 117 Å². The topological polar surface area (TPSA) is 78.9 Å². The zero-order chi connectivity index (χ0) is 31.6. The highest BCUT2D eigenvalue weighted by atomic mass is 16.5. The Morgan fingerprint density at radius 1 is 0.767 bits per heavy atom. The number of carbonyl (C=O) groups is 3. The summed E-state index contributed by atoms with van der Waals surface area (Å²) in [7, 11) is 1.35. The quantitative estimate of drug-likeness (QED) is 0.168. The lowest BCUT2D eigenvalue weighted by molar-refractivity contribution is -0.252. The number of carbonyl (C=O) groups excluding carboxylic acids is 3. The first-order valence-electron chi connectivity index (χ1n) is 17.1. The fraction of sp³-hybridized carbons (Fsp3) is 0.865. The molecule has 0 unspecified atom stereocenters. The minimum absolute atomic E-state index is 0.000188. The number of hydrogen-bond acceptors (Lipinski definition) is 6. The molecule has 0 radical (unpaired) electrons. The summed E-state index contributed by atoms with van der Waals surface area (Å²) in [5.74, 6) is 1.87. The van der Waals surface area contributed by atoms with E-state index in [0.717, 1.165) is 32.1 Å². The Bertz CT molecular complexity index is 1140. The largest absolute Gasteiger partial charge is 0.469 e. The van der Waals surface area contributed by atoms with Gasteiger partial charge in [-0.15, -0.1) is 0 Å². The summed E-state index contributed by atoms with van der Waals surface area (Å²) in [5, 5.41) is 0. The molecule has 5 aliphatic carbocycles. The number of esters is 3. The van der Waals surface area contributed by atoms with Crippen LogP contribution in [-0.2, 0) is 28.6 Å². The second kappa shape index (κ2) is 11.2. The van der Waals surface area contributed by atoms with E-state index in [1.165, 1.54) is 44.8 Å². The normalized spacial score (nSPS) is 44.6. The predicted octanol–water partition coefficient (Wildman–Crippen LogP) is 8.07. The molecule has 0 amide bonds. The number of ether oxygens (including phenoxy) is 3. The molecule has 6 heteroatoms. The minimum atomic E-state index is -0.374. The molecule has 5 rings (SSSR count). The molecule has 10 atom stereocenters. The van der Waals surface area contributed by atoms with Crippen LogP contribution in [0.3, 0.4) is 0 Å². The maximum absolute atomic E-state index is 12.7. The molecule has 0 bridgehead atoms. The van der Waals surface area contributed by atoms with E-state index < -0.39 is 0 Å². The summed E-state index contributed by atoms with van der Waals surface area (Å²) in [6, 6.07) is 0. The molecule has 0 N–H and O–H groups in total. The second-order valence-electron chi connectivity index (χ2n) is 16.7. The summed E-state index contributed by atoms with van der Waals surface area (Å²) in [6.45, 7) is 21.3. The van der Waals surface area contributed by atoms with Crippen LogP contribution >= 0.6 is 0 Å². The van der Waals surface area contributed by atoms with Gasteiger partial charge in [0, 0.05) is 17.8 Å². The first kappa shape index (κ1) is 32.5. The summed E-state index contributed by atoms with van der Waals surface area (Å²) in [4.78, 5) is 36.3. The maximum atomic E-state index is 12.7. The lowest BCUT2D eigenvalue weighted by Crippen LogP contribution is -2.67. The molecule has 0 aromatic heterocycles. The first-order chi connectivity index (χ1) is 20.1. The highest BCUT2D eigenvalue weighted by Crippen LogP contribution is 2.77. The van der Waals surface area contributed by atoms with Crippen LogP contribution in [0.2, 0.25) is 0 Å². The molecule has 0 saturated heterocycles. The molecule has 0 aromatic carbocycles. The Balaban J connectivity index is 1.42. The summed E-state index contributed by atoms with van der Waals surface area (Å²) in [6.07, 6.45) is 11.6. The molecule has 0 aromatic rings. The van der Waals surface area contributed by atoms with Crippen LogP contribution < -0.4 is 0 Å². The lowest BCUT2D eigenvalue weighted by Gasteiger charge is -2.73. The fourth-order valence-corrected chi connectivity index (χ4v) is 12.5. The average molecular weight is 599 g/mol. The Morgan fingerprint density at radius 3 is 2.12 bits per heavy atom. The highest BCUT2D eigenvalue weighted by Gasteiger charge is 2.71. The Hall–Kier alpha value is -1.85. The summed E-state index contributed by atoms with van der Waals surface area (Å²) < 4.78 is 16.6. The van der Waals surface area contributed by atoms with Gasteiger partial charge in [-0.1, -0.05) is 46.8 Å². The van der Waals surface area contributed by atoms with Crippen molar-refractivity contribution in [3.63, 3.8) is 0 Å². The van der Waals surface area contributed by atoms with Crippen LogP contribution in [-0.4, -0.2) is 37.7 Å². The van der Waals surface area contributed by atoms with E-state index in [2.05, 4.69) is 48.1 Å². The molecule has 0 heterocycles. The van der Waals surface area contributed by atoms with E-state index >= 15 is 0 Å². The van der Waals surface area contributed by atoms with Crippen molar-refractivity contribution in [2.75, 3.05) is 13.7 Å². The predicted molar refractivity (Wildman–Crippen MR) is 167 cm³/mol. The molecule has 0 spiro atoms. The van der Waals surface area contributed by atoms with E-state index in [1.807, 2.05) is 0 Å². The number of hydrogen-bond donors (Lipinski definition) is 0. The minimum Gasteiger partial charge on any atom is -0.469 e. The number of allylic oxidation sites excluding steroid dienone is 1. The van der Waals surface area contributed by atoms with E-state index in [-0.39, 0.29) is 63.9 Å². The summed E-state index contributed by atoms with van der Waals surface area (Å²) >= 11 is 0.